The summed E-state index contributed by atoms with van der Waals surface area (Å²) in [6, 6.07) is 15.2. The summed E-state index contributed by atoms with van der Waals surface area (Å²) in [5, 5.41) is 13.5. The number of carbonyl (C=O) groups excluding carboxylic acids is 1. The fraction of sp³-hybridized carbons (Fsp3) is 0.320. The molecule has 33 heavy (non-hydrogen) atoms. The Morgan fingerprint density at radius 1 is 1.21 bits per heavy atom. The van der Waals surface area contributed by atoms with Gasteiger partial charge in [0.1, 0.15) is 0 Å². The summed E-state index contributed by atoms with van der Waals surface area (Å²) >= 11 is 5.69. The SMILES string of the molecule is COC(=O)c1ccccc1-n1c(C)cc([C@@H]2[C@H](c3ccccn3)NC(=S)N2CCCO)c1C. The van der Waals surface area contributed by atoms with E-state index in [0.29, 0.717) is 23.6 Å². The molecule has 2 N–H and O–H groups in total. The highest BCUT2D eigenvalue weighted by Crippen LogP contribution is 2.41. The van der Waals surface area contributed by atoms with E-state index < -0.39 is 0 Å². The van der Waals surface area contributed by atoms with Crippen molar-refractivity contribution in [3.05, 3.63) is 82.9 Å². The normalized spacial score (nSPS) is 17.8. The summed E-state index contributed by atoms with van der Waals surface area (Å²) < 4.78 is 7.10. The Morgan fingerprint density at radius 2 is 1.97 bits per heavy atom. The van der Waals surface area contributed by atoms with Crippen LogP contribution in [0, 0.1) is 13.8 Å². The molecule has 0 bridgehead atoms. The maximum atomic E-state index is 12.4. The van der Waals surface area contributed by atoms with Gasteiger partial charge in [-0.3, -0.25) is 4.98 Å². The lowest BCUT2D eigenvalue weighted by atomic mass is 9.96. The molecule has 0 amide bonds. The molecule has 4 rings (SSSR count). The molecule has 0 unspecified atom stereocenters. The topological polar surface area (TPSA) is 79.6 Å². The van der Waals surface area contributed by atoms with Crippen molar-refractivity contribution in [1.82, 2.24) is 19.8 Å². The first-order valence-electron chi connectivity index (χ1n) is 10.9. The zero-order chi connectivity index (χ0) is 23.5. The summed E-state index contributed by atoms with van der Waals surface area (Å²) in [6.45, 7) is 4.79. The van der Waals surface area contributed by atoms with Gasteiger partial charge in [-0.1, -0.05) is 18.2 Å². The molecule has 7 nitrogen and oxygen atoms in total. The number of benzene rings is 1. The highest BCUT2D eigenvalue weighted by molar-refractivity contribution is 7.80. The van der Waals surface area contributed by atoms with Crippen LogP contribution in [0.1, 0.15) is 51.5 Å². The second-order valence-corrected chi connectivity index (χ2v) is 8.45. The number of hydrogen-bond donors (Lipinski definition) is 2. The molecule has 1 saturated heterocycles. The quantitative estimate of drug-likeness (QED) is 0.408. The van der Waals surface area contributed by atoms with Crippen LogP contribution >= 0.6 is 12.2 Å². The number of methoxy groups -OCH3 is 1. The molecule has 8 heteroatoms. The number of aryl methyl sites for hydroxylation is 1. The van der Waals surface area contributed by atoms with Gasteiger partial charge in [-0.2, -0.15) is 0 Å². The molecule has 0 saturated carbocycles. The van der Waals surface area contributed by atoms with Gasteiger partial charge < -0.3 is 24.6 Å². The lowest BCUT2D eigenvalue weighted by molar-refractivity contribution is 0.0600. The van der Waals surface area contributed by atoms with E-state index in [1.165, 1.54) is 7.11 Å². The van der Waals surface area contributed by atoms with Gasteiger partial charge in [0.15, 0.2) is 5.11 Å². The Labute approximate surface area is 199 Å². The fourth-order valence-corrected chi connectivity index (χ4v) is 4.97. The van der Waals surface area contributed by atoms with E-state index in [0.717, 1.165) is 28.3 Å². The van der Waals surface area contributed by atoms with Crippen LogP contribution in [0.2, 0.25) is 0 Å². The van der Waals surface area contributed by atoms with E-state index in [-0.39, 0.29) is 24.7 Å². The number of nitrogens with one attached hydrogen (secondary N) is 1. The second kappa shape index (κ2) is 9.72. The molecule has 0 aliphatic carbocycles. The third-order valence-corrected chi connectivity index (χ3v) is 6.45. The fourth-order valence-electron chi connectivity index (χ4n) is 4.63. The van der Waals surface area contributed by atoms with Crippen LogP contribution in [0.3, 0.4) is 0 Å². The number of aliphatic hydroxyl groups excluding tert-OH is 1. The van der Waals surface area contributed by atoms with Crippen LogP contribution in [0.4, 0.5) is 0 Å². The van der Waals surface area contributed by atoms with E-state index in [4.69, 9.17) is 17.0 Å². The monoisotopic (exact) mass is 464 g/mol. The number of ether oxygens (including phenoxy) is 1. The van der Waals surface area contributed by atoms with Crippen LogP contribution in [-0.4, -0.2) is 50.9 Å². The van der Waals surface area contributed by atoms with Crippen molar-refractivity contribution in [2.24, 2.45) is 0 Å². The smallest absolute Gasteiger partial charge is 0.339 e. The van der Waals surface area contributed by atoms with Crippen molar-refractivity contribution in [3.8, 4) is 5.69 Å². The molecule has 1 aliphatic heterocycles. The largest absolute Gasteiger partial charge is 0.465 e. The van der Waals surface area contributed by atoms with Crippen LogP contribution in [-0.2, 0) is 4.74 Å². The third kappa shape index (κ3) is 4.24. The van der Waals surface area contributed by atoms with E-state index >= 15 is 0 Å². The van der Waals surface area contributed by atoms with Gasteiger partial charge in [0.05, 0.1) is 36.1 Å². The summed E-state index contributed by atoms with van der Waals surface area (Å²) in [7, 11) is 1.39. The number of hydrogen-bond acceptors (Lipinski definition) is 5. The molecular formula is C25H28N4O3S. The van der Waals surface area contributed by atoms with E-state index in [2.05, 4.69) is 32.8 Å². The van der Waals surface area contributed by atoms with Gasteiger partial charge in [-0.15, -0.1) is 0 Å². The molecule has 2 atom stereocenters. The average Bonchev–Trinajstić information content (AvgIpc) is 3.32. The van der Waals surface area contributed by atoms with Gasteiger partial charge in [-0.05, 0) is 68.4 Å². The number of carbonyl (C=O) groups is 1. The van der Waals surface area contributed by atoms with E-state index in [9.17, 15) is 9.90 Å². The zero-order valence-corrected chi connectivity index (χ0v) is 19.8. The number of nitrogens with zero attached hydrogens (tertiary/aromatic N) is 3. The van der Waals surface area contributed by atoms with Crippen LogP contribution in [0.15, 0.2) is 54.7 Å². The van der Waals surface area contributed by atoms with Gasteiger partial charge in [0, 0.05) is 30.7 Å². The van der Waals surface area contributed by atoms with Crippen molar-refractivity contribution in [1.29, 1.82) is 0 Å². The predicted octanol–water partition coefficient (Wildman–Crippen LogP) is 3.63. The molecule has 1 fully saturated rings. The van der Waals surface area contributed by atoms with Crippen molar-refractivity contribution in [3.63, 3.8) is 0 Å². The molecule has 1 aliphatic rings. The Morgan fingerprint density at radius 3 is 2.67 bits per heavy atom. The maximum Gasteiger partial charge on any atom is 0.339 e. The third-order valence-electron chi connectivity index (χ3n) is 6.09. The lowest BCUT2D eigenvalue weighted by Gasteiger charge is -2.28. The van der Waals surface area contributed by atoms with Gasteiger partial charge in [0.25, 0.3) is 0 Å². The first kappa shape index (κ1) is 22.9. The summed E-state index contributed by atoms with van der Waals surface area (Å²) in [5.74, 6) is -0.376. The number of aliphatic hydroxyl groups is 1. The zero-order valence-electron chi connectivity index (χ0n) is 19.0. The number of rotatable bonds is 7. The summed E-state index contributed by atoms with van der Waals surface area (Å²) in [6.07, 6.45) is 2.39. The molecule has 3 aromatic rings. The molecule has 1 aromatic carbocycles. The lowest BCUT2D eigenvalue weighted by Crippen LogP contribution is -2.31. The highest BCUT2D eigenvalue weighted by atomic mass is 32.1. The molecule has 2 aromatic heterocycles. The molecule has 0 spiro atoms. The standard InChI is InChI=1S/C25H28N4O3S/c1-16-15-19(17(2)29(16)21-11-5-4-9-18(21)24(31)32-3)23-22(20-10-6-7-12-26-20)27-25(33)28(23)13-8-14-30/h4-7,9-12,15,22-23,30H,8,13-14H2,1-3H3,(H,27,33)/t22-,23+/m0/s1. The number of para-hydroxylation sites is 1. The van der Waals surface area contributed by atoms with Crippen molar-refractivity contribution in [2.75, 3.05) is 20.3 Å². The van der Waals surface area contributed by atoms with Crippen molar-refractivity contribution in [2.45, 2.75) is 32.4 Å². The minimum Gasteiger partial charge on any atom is -0.465 e. The second-order valence-electron chi connectivity index (χ2n) is 8.07. The molecule has 3 heterocycles. The number of thiocarbonyl (C=S) groups is 1. The number of esters is 1. The Balaban J connectivity index is 1.85. The number of pyridine rings is 1. The summed E-state index contributed by atoms with van der Waals surface area (Å²) in [4.78, 5) is 19.2. The molecule has 172 valence electrons. The maximum absolute atomic E-state index is 12.4. The minimum absolute atomic E-state index is 0.0889. The first-order chi connectivity index (χ1) is 16.0. The van der Waals surface area contributed by atoms with Crippen molar-refractivity contribution < 1.29 is 14.6 Å². The Kier molecular flexibility index (Phi) is 6.76. The Hall–Kier alpha value is -3.23. The first-order valence-corrected chi connectivity index (χ1v) is 11.3. The highest BCUT2D eigenvalue weighted by Gasteiger charge is 2.41. The van der Waals surface area contributed by atoms with Crippen molar-refractivity contribution >= 4 is 23.3 Å². The van der Waals surface area contributed by atoms with Gasteiger partial charge in [-0.25, -0.2) is 4.79 Å². The average molecular weight is 465 g/mol. The van der Waals surface area contributed by atoms with Crippen LogP contribution in [0.25, 0.3) is 5.69 Å². The van der Waals surface area contributed by atoms with E-state index in [1.54, 1.807) is 12.3 Å². The van der Waals surface area contributed by atoms with E-state index in [1.807, 2.05) is 43.3 Å². The summed E-state index contributed by atoms with van der Waals surface area (Å²) in [5.41, 5.74) is 5.28. The van der Waals surface area contributed by atoms with Gasteiger partial charge >= 0.3 is 5.97 Å². The molecule has 0 radical (unpaired) electrons. The van der Waals surface area contributed by atoms with Crippen LogP contribution in [0.5, 0.6) is 0 Å². The minimum atomic E-state index is -0.376. The Bertz CT molecular complexity index is 1160. The van der Waals surface area contributed by atoms with Gasteiger partial charge in [0.2, 0.25) is 0 Å². The predicted molar refractivity (Wildman–Crippen MR) is 130 cm³/mol. The number of aromatic nitrogens is 2. The molecular weight excluding hydrogens is 436 g/mol. The van der Waals surface area contributed by atoms with Crippen LogP contribution < -0.4 is 5.32 Å².